The zero-order valence-electron chi connectivity index (χ0n) is 12.9. The number of fused-ring (bicyclic) bond motifs is 2. The van der Waals surface area contributed by atoms with Crippen LogP contribution in [0.15, 0.2) is 30.3 Å². The zero-order valence-corrected chi connectivity index (χ0v) is 12.9. The largest absolute Gasteiger partial charge is 0.311 e. The number of piperidine rings is 1. The second-order valence-corrected chi connectivity index (χ2v) is 6.52. The molecule has 22 heavy (non-hydrogen) atoms. The molecule has 0 amide bonds. The zero-order chi connectivity index (χ0) is 14.9. The first-order valence-corrected chi connectivity index (χ1v) is 8.08. The Hall–Kier alpha value is -1.79. The van der Waals surface area contributed by atoms with Crippen molar-refractivity contribution in [3.63, 3.8) is 0 Å². The number of nitrogens with one attached hydrogen (secondary N) is 1. The van der Waals surface area contributed by atoms with Crippen LogP contribution < -0.4 is 5.32 Å². The van der Waals surface area contributed by atoms with Crippen molar-refractivity contribution in [1.82, 2.24) is 30.4 Å². The molecular formula is C16H22N6. The van der Waals surface area contributed by atoms with E-state index in [2.05, 4.69) is 32.8 Å². The lowest BCUT2D eigenvalue weighted by atomic mass is 9.98. The first-order chi connectivity index (χ1) is 10.8. The Morgan fingerprint density at radius 1 is 1.18 bits per heavy atom. The van der Waals surface area contributed by atoms with Crippen molar-refractivity contribution in [2.24, 2.45) is 0 Å². The van der Waals surface area contributed by atoms with Crippen molar-refractivity contribution in [1.29, 1.82) is 0 Å². The molecule has 0 radical (unpaired) electrons. The van der Waals surface area contributed by atoms with Crippen LogP contribution in [0.4, 0.5) is 0 Å². The van der Waals surface area contributed by atoms with Crippen LogP contribution in [0.3, 0.4) is 0 Å². The van der Waals surface area contributed by atoms with E-state index in [1.54, 1.807) is 0 Å². The maximum Gasteiger partial charge on any atom is 0.170 e. The molecule has 2 unspecified atom stereocenters. The van der Waals surface area contributed by atoms with Gasteiger partial charge >= 0.3 is 0 Å². The van der Waals surface area contributed by atoms with Crippen LogP contribution in [0.2, 0.25) is 0 Å². The van der Waals surface area contributed by atoms with Gasteiger partial charge in [0.25, 0.3) is 0 Å². The summed E-state index contributed by atoms with van der Waals surface area (Å²) in [6, 6.07) is 12.1. The molecule has 1 aromatic heterocycles. The lowest BCUT2D eigenvalue weighted by Crippen LogP contribution is -2.46. The van der Waals surface area contributed by atoms with Gasteiger partial charge in [-0.2, -0.15) is 4.68 Å². The number of nitrogens with zero attached hydrogens (tertiary/aromatic N) is 5. The summed E-state index contributed by atoms with van der Waals surface area (Å²) in [5.74, 6) is 0.902. The maximum atomic E-state index is 4.23. The van der Waals surface area contributed by atoms with E-state index in [0.29, 0.717) is 18.1 Å². The van der Waals surface area contributed by atoms with Gasteiger partial charge in [0.15, 0.2) is 5.82 Å². The molecule has 2 aromatic rings. The average Bonchev–Trinajstić information content (AvgIpc) is 3.14. The highest BCUT2D eigenvalue weighted by Gasteiger charge is 2.35. The standard InChI is InChI=1S/C16H22N6/c1-21(15-9-12-7-8-13(10-15)17-12)11-16-18-19-20-22(16)14-5-3-2-4-6-14/h2-6,12-13,15,17H,7-11H2,1H3. The lowest BCUT2D eigenvalue weighted by molar-refractivity contribution is 0.161. The normalized spacial score (nSPS) is 27.5. The number of aromatic nitrogens is 4. The van der Waals surface area contributed by atoms with Gasteiger partial charge < -0.3 is 5.32 Å². The fourth-order valence-corrected chi connectivity index (χ4v) is 3.81. The molecule has 2 atom stereocenters. The van der Waals surface area contributed by atoms with Crippen molar-refractivity contribution in [3.05, 3.63) is 36.2 Å². The number of rotatable bonds is 4. The molecule has 6 heteroatoms. The van der Waals surface area contributed by atoms with Crippen molar-refractivity contribution in [3.8, 4) is 5.69 Å². The first kappa shape index (κ1) is 13.8. The minimum atomic E-state index is 0.625. The molecule has 0 spiro atoms. The molecule has 3 heterocycles. The number of benzene rings is 1. The minimum absolute atomic E-state index is 0.625. The SMILES string of the molecule is CN(Cc1nnnn1-c1ccccc1)C1CC2CCC(C1)N2. The van der Waals surface area contributed by atoms with E-state index in [4.69, 9.17) is 0 Å². The van der Waals surface area contributed by atoms with E-state index < -0.39 is 0 Å². The Morgan fingerprint density at radius 3 is 2.64 bits per heavy atom. The number of hydrogen-bond donors (Lipinski definition) is 1. The van der Waals surface area contributed by atoms with Gasteiger partial charge in [0.05, 0.1) is 12.2 Å². The molecule has 0 aliphatic carbocycles. The van der Waals surface area contributed by atoms with E-state index in [0.717, 1.165) is 18.1 Å². The summed E-state index contributed by atoms with van der Waals surface area (Å²) in [7, 11) is 2.19. The van der Waals surface area contributed by atoms with E-state index in [-0.39, 0.29) is 0 Å². The molecule has 2 aliphatic rings. The lowest BCUT2D eigenvalue weighted by Gasteiger charge is -2.35. The molecule has 116 valence electrons. The van der Waals surface area contributed by atoms with Gasteiger partial charge in [0, 0.05) is 18.1 Å². The van der Waals surface area contributed by atoms with Crippen LogP contribution in [0, 0.1) is 0 Å². The molecule has 1 aromatic carbocycles. The monoisotopic (exact) mass is 298 g/mol. The Kier molecular flexibility index (Phi) is 3.63. The quantitative estimate of drug-likeness (QED) is 0.924. The van der Waals surface area contributed by atoms with Crippen LogP contribution in [0.5, 0.6) is 0 Å². The molecule has 4 rings (SSSR count). The number of para-hydroxylation sites is 1. The Morgan fingerprint density at radius 2 is 1.91 bits per heavy atom. The number of tetrazole rings is 1. The highest BCUT2D eigenvalue weighted by molar-refractivity contribution is 5.30. The molecule has 1 N–H and O–H groups in total. The van der Waals surface area contributed by atoms with Gasteiger partial charge in [-0.25, -0.2) is 0 Å². The highest BCUT2D eigenvalue weighted by Crippen LogP contribution is 2.29. The van der Waals surface area contributed by atoms with Gasteiger partial charge in [-0.15, -0.1) is 5.10 Å². The van der Waals surface area contributed by atoms with Gasteiger partial charge in [-0.05, 0) is 55.3 Å². The van der Waals surface area contributed by atoms with Crippen LogP contribution in [-0.4, -0.2) is 50.3 Å². The molecule has 6 nitrogen and oxygen atoms in total. The summed E-state index contributed by atoms with van der Waals surface area (Å²) in [5.41, 5.74) is 1.02. The Labute approximate surface area is 130 Å². The maximum absolute atomic E-state index is 4.23. The Bertz CT molecular complexity index is 613. The summed E-state index contributed by atoms with van der Waals surface area (Å²) in [6.07, 6.45) is 5.13. The minimum Gasteiger partial charge on any atom is -0.311 e. The van der Waals surface area contributed by atoms with Crippen LogP contribution in [-0.2, 0) is 6.54 Å². The second-order valence-electron chi connectivity index (χ2n) is 6.52. The highest BCUT2D eigenvalue weighted by atomic mass is 15.5. The van der Waals surface area contributed by atoms with E-state index in [1.807, 2.05) is 35.0 Å². The third-order valence-electron chi connectivity index (χ3n) is 5.00. The fourth-order valence-electron chi connectivity index (χ4n) is 3.81. The molecule has 2 aliphatic heterocycles. The molecule has 2 fully saturated rings. The molecule has 0 saturated carbocycles. The van der Waals surface area contributed by atoms with E-state index in [1.165, 1.54) is 25.7 Å². The topological polar surface area (TPSA) is 58.9 Å². The summed E-state index contributed by atoms with van der Waals surface area (Å²) in [6.45, 7) is 0.784. The average molecular weight is 298 g/mol. The second kappa shape index (κ2) is 5.78. The van der Waals surface area contributed by atoms with Crippen molar-refractivity contribution in [2.75, 3.05) is 7.05 Å². The van der Waals surface area contributed by atoms with Crippen LogP contribution in [0.25, 0.3) is 5.69 Å². The Balaban J connectivity index is 1.49. The molecular weight excluding hydrogens is 276 g/mol. The summed E-state index contributed by atoms with van der Waals surface area (Å²) in [4.78, 5) is 2.41. The van der Waals surface area contributed by atoms with E-state index >= 15 is 0 Å². The van der Waals surface area contributed by atoms with Crippen molar-refractivity contribution in [2.45, 2.75) is 50.4 Å². The third kappa shape index (κ3) is 2.64. The molecule has 2 bridgehead atoms. The van der Waals surface area contributed by atoms with Crippen LogP contribution >= 0.6 is 0 Å². The van der Waals surface area contributed by atoms with Gasteiger partial charge in [-0.1, -0.05) is 18.2 Å². The number of hydrogen-bond acceptors (Lipinski definition) is 5. The summed E-state index contributed by atoms with van der Waals surface area (Å²) < 4.78 is 1.84. The van der Waals surface area contributed by atoms with Gasteiger partial charge in [0.2, 0.25) is 0 Å². The first-order valence-electron chi connectivity index (χ1n) is 8.08. The van der Waals surface area contributed by atoms with Gasteiger partial charge in [-0.3, -0.25) is 4.90 Å². The van der Waals surface area contributed by atoms with Crippen molar-refractivity contribution >= 4 is 0 Å². The third-order valence-corrected chi connectivity index (χ3v) is 5.00. The smallest absolute Gasteiger partial charge is 0.170 e. The predicted octanol–water partition coefficient (Wildman–Crippen LogP) is 1.38. The fraction of sp³-hybridized carbons (Fsp3) is 0.562. The summed E-state index contributed by atoms with van der Waals surface area (Å²) in [5, 5.41) is 15.9. The van der Waals surface area contributed by atoms with Crippen LogP contribution in [0.1, 0.15) is 31.5 Å². The van der Waals surface area contributed by atoms with Crippen molar-refractivity contribution < 1.29 is 0 Å². The molecule has 2 saturated heterocycles. The van der Waals surface area contributed by atoms with E-state index in [9.17, 15) is 0 Å². The van der Waals surface area contributed by atoms with Gasteiger partial charge in [0.1, 0.15) is 0 Å². The predicted molar refractivity (Wildman–Crippen MR) is 83.6 cm³/mol. The summed E-state index contributed by atoms with van der Waals surface area (Å²) >= 11 is 0.